The van der Waals surface area contributed by atoms with E-state index in [0.29, 0.717) is 6.42 Å². The van der Waals surface area contributed by atoms with Gasteiger partial charge in [-0.3, -0.25) is 9.59 Å². The van der Waals surface area contributed by atoms with Crippen molar-refractivity contribution in [1.29, 1.82) is 0 Å². The number of carbonyl (C=O) groups excluding carboxylic acids is 2. The van der Waals surface area contributed by atoms with Crippen molar-refractivity contribution >= 4 is 11.9 Å². The van der Waals surface area contributed by atoms with Crippen LogP contribution in [-0.4, -0.2) is 23.6 Å². The molecule has 0 aliphatic heterocycles. The third-order valence-electron chi connectivity index (χ3n) is 4.69. The van der Waals surface area contributed by atoms with Crippen molar-refractivity contribution in [2.45, 2.75) is 143 Å². The van der Waals surface area contributed by atoms with Crippen LogP contribution in [0.5, 0.6) is 0 Å². The Morgan fingerprint density at radius 2 is 1.14 bits per heavy atom. The molecule has 0 aromatic rings. The Balaban J connectivity index is 3.46. The summed E-state index contributed by atoms with van der Waals surface area (Å²) >= 11 is 0. The van der Waals surface area contributed by atoms with E-state index in [0.717, 1.165) is 12.8 Å². The van der Waals surface area contributed by atoms with Crippen LogP contribution in [0.3, 0.4) is 0 Å². The van der Waals surface area contributed by atoms with Gasteiger partial charge >= 0.3 is 11.9 Å². The Labute approximate surface area is 174 Å². The molecule has 0 bridgehead atoms. The third kappa shape index (κ3) is 19.7. The number of hydrogen-bond acceptors (Lipinski definition) is 4. The van der Waals surface area contributed by atoms with Gasteiger partial charge in [0.1, 0.15) is 11.7 Å². The fourth-order valence-electron chi connectivity index (χ4n) is 3.23. The zero-order chi connectivity index (χ0) is 21.3. The van der Waals surface area contributed by atoms with Gasteiger partial charge in [-0.25, -0.2) is 0 Å². The average molecular weight is 399 g/mol. The predicted octanol–water partition coefficient (Wildman–Crippen LogP) is 7.13. The van der Waals surface area contributed by atoms with Crippen molar-refractivity contribution in [2.75, 3.05) is 0 Å². The van der Waals surface area contributed by atoms with Gasteiger partial charge in [0.05, 0.1) is 6.42 Å². The number of unbranched alkanes of at least 4 members (excludes halogenated alkanes) is 12. The van der Waals surface area contributed by atoms with Crippen LogP contribution in [0.15, 0.2) is 0 Å². The Hall–Kier alpha value is -1.06. The maximum atomic E-state index is 11.8. The molecule has 0 aliphatic rings. The Morgan fingerprint density at radius 1 is 0.714 bits per heavy atom. The highest BCUT2D eigenvalue weighted by Crippen LogP contribution is 2.14. The molecule has 0 aromatic carbocycles. The Bertz CT molecular complexity index is 398. The Morgan fingerprint density at radius 3 is 1.57 bits per heavy atom. The van der Waals surface area contributed by atoms with Crippen molar-refractivity contribution in [3.05, 3.63) is 0 Å². The van der Waals surface area contributed by atoms with E-state index >= 15 is 0 Å². The van der Waals surface area contributed by atoms with E-state index in [1.807, 2.05) is 20.8 Å². The normalized spacial score (nSPS) is 12.6. The maximum Gasteiger partial charge on any atom is 0.310 e. The fourth-order valence-corrected chi connectivity index (χ4v) is 3.23. The number of ether oxygens (including phenoxy) is 2. The second kappa shape index (κ2) is 16.9. The van der Waals surface area contributed by atoms with Gasteiger partial charge in [-0.05, 0) is 34.1 Å². The molecule has 1 atom stereocenters. The first kappa shape index (κ1) is 26.9. The van der Waals surface area contributed by atoms with Gasteiger partial charge in [0.15, 0.2) is 0 Å². The molecule has 0 aromatic heterocycles. The SMILES string of the molecule is CCCCCCCCCCCCCCCC(=O)O[C@H](C)CC(=O)OC(C)(C)C. The molecule has 0 amide bonds. The summed E-state index contributed by atoms with van der Waals surface area (Å²) < 4.78 is 10.5. The van der Waals surface area contributed by atoms with Crippen molar-refractivity contribution in [3.63, 3.8) is 0 Å². The van der Waals surface area contributed by atoms with Crippen LogP contribution in [0.4, 0.5) is 0 Å². The minimum absolute atomic E-state index is 0.113. The van der Waals surface area contributed by atoms with E-state index in [9.17, 15) is 9.59 Å². The molecule has 0 fully saturated rings. The smallest absolute Gasteiger partial charge is 0.310 e. The van der Waals surface area contributed by atoms with E-state index < -0.39 is 11.7 Å². The second-order valence-electron chi connectivity index (χ2n) is 9.08. The summed E-state index contributed by atoms with van der Waals surface area (Å²) in [5.41, 5.74) is -0.505. The fraction of sp³-hybridized carbons (Fsp3) is 0.917. The largest absolute Gasteiger partial charge is 0.462 e. The van der Waals surface area contributed by atoms with Gasteiger partial charge in [0.2, 0.25) is 0 Å². The summed E-state index contributed by atoms with van der Waals surface area (Å²) in [6.07, 6.45) is 16.9. The quantitative estimate of drug-likeness (QED) is 0.193. The van der Waals surface area contributed by atoms with Gasteiger partial charge in [0.25, 0.3) is 0 Å². The molecule has 0 saturated heterocycles. The van der Waals surface area contributed by atoms with Crippen LogP contribution in [-0.2, 0) is 19.1 Å². The van der Waals surface area contributed by atoms with Gasteiger partial charge in [-0.1, -0.05) is 84.0 Å². The minimum Gasteiger partial charge on any atom is -0.462 e. The summed E-state index contributed by atoms with van der Waals surface area (Å²) in [6.45, 7) is 9.49. The van der Waals surface area contributed by atoms with Crippen LogP contribution in [0, 0.1) is 0 Å². The molecule has 0 aliphatic carbocycles. The summed E-state index contributed by atoms with van der Waals surface area (Å²) in [5, 5.41) is 0. The second-order valence-corrected chi connectivity index (χ2v) is 9.08. The van der Waals surface area contributed by atoms with E-state index in [2.05, 4.69) is 6.92 Å². The van der Waals surface area contributed by atoms with Crippen LogP contribution in [0.25, 0.3) is 0 Å². The first-order chi connectivity index (χ1) is 13.2. The number of esters is 2. The minimum atomic E-state index is -0.505. The molecule has 4 heteroatoms. The molecular formula is C24H46O4. The zero-order valence-corrected chi connectivity index (χ0v) is 19.3. The molecule has 28 heavy (non-hydrogen) atoms. The lowest BCUT2D eigenvalue weighted by Crippen LogP contribution is -2.27. The van der Waals surface area contributed by atoms with Crippen LogP contribution in [0.2, 0.25) is 0 Å². The lowest BCUT2D eigenvalue weighted by molar-refractivity contribution is -0.160. The highest BCUT2D eigenvalue weighted by molar-refractivity contribution is 5.72. The monoisotopic (exact) mass is 398 g/mol. The maximum absolute atomic E-state index is 11.8. The number of hydrogen-bond donors (Lipinski definition) is 0. The van der Waals surface area contributed by atoms with Crippen LogP contribution < -0.4 is 0 Å². The number of rotatable bonds is 17. The first-order valence-electron chi connectivity index (χ1n) is 11.7. The van der Waals surface area contributed by atoms with Crippen LogP contribution >= 0.6 is 0 Å². The molecule has 0 saturated carbocycles. The lowest BCUT2D eigenvalue weighted by atomic mass is 10.0. The van der Waals surface area contributed by atoms with Gasteiger partial charge in [0, 0.05) is 6.42 Å². The van der Waals surface area contributed by atoms with E-state index in [4.69, 9.17) is 9.47 Å². The van der Waals surface area contributed by atoms with Crippen LogP contribution in [0.1, 0.15) is 131 Å². The highest BCUT2D eigenvalue weighted by atomic mass is 16.6. The van der Waals surface area contributed by atoms with Crippen molar-refractivity contribution < 1.29 is 19.1 Å². The summed E-state index contributed by atoms with van der Waals surface area (Å²) in [4.78, 5) is 23.6. The molecule has 0 radical (unpaired) electrons. The first-order valence-corrected chi connectivity index (χ1v) is 11.7. The molecule has 0 heterocycles. The molecule has 0 N–H and O–H groups in total. The molecule has 0 spiro atoms. The van der Waals surface area contributed by atoms with Gasteiger partial charge in [-0.2, -0.15) is 0 Å². The topological polar surface area (TPSA) is 52.6 Å². The van der Waals surface area contributed by atoms with Crippen molar-refractivity contribution in [1.82, 2.24) is 0 Å². The number of carbonyl (C=O) groups is 2. The average Bonchev–Trinajstić information content (AvgIpc) is 2.57. The Kier molecular flexibility index (Phi) is 16.2. The lowest BCUT2D eigenvalue weighted by Gasteiger charge is -2.21. The molecule has 4 nitrogen and oxygen atoms in total. The van der Waals surface area contributed by atoms with Crippen molar-refractivity contribution in [3.8, 4) is 0 Å². The molecule has 0 rings (SSSR count). The molecule has 0 unspecified atom stereocenters. The summed E-state index contributed by atoms with van der Waals surface area (Å²) in [5.74, 6) is -0.534. The summed E-state index contributed by atoms with van der Waals surface area (Å²) in [6, 6.07) is 0. The van der Waals surface area contributed by atoms with Gasteiger partial charge in [-0.15, -0.1) is 0 Å². The van der Waals surface area contributed by atoms with E-state index in [-0.39, 0.29) is 18.4 Å². The zero-order valence-electron chi connectivity index (χ0n) is 19.3. The third-order valence-corrected chi connectivity index (χ3v) is 4.69. The predicted molar refractivity (Wildman–Crippen MR) is 116 cm³/mol. The van der Waals surface area contributed by atoms with E-state index in [1.54, 1.807) is 6.92 Å². The molecular weight excluding hydrogens is 352 g/mol. The molecule has 166 valence electrons. The van der Waals surface area contributed by atoms with E-state index in [1.165, 1.54) is 70.6 Å². The van der Waals surface area contributed by atoms with Gasteiger partial charge < -0.3 is 9.47 Å². The van der Waals surface area contributed by atoms with Crippen molar-refractivity contribution in [2.24, 2.45) is 0 Å². The highest BCUT2D eigenvalue weighted by Gasteiger charge is 2.20. The summed E-state index contributed by atoms with van der Waals surface area (Å²) in [7, 11) is 0. The standard InChI is InChI=1S/C24H46O4/c1-6-7-8-9-10-11-12-13-14-15-16-17-18-19-22(25)27-21(2)20-23(26)28-24(3,4)5/h21H,6-20H2,1-5H3/t21-/m1/s1.